The first-order valence-corrected chi connectivity index (χ1v) is 6.82. The monoisotopic (exact) mass is 278 g/mol. The smallest absolute Gasteiger partial charge is 0.254 e. The van der Waals surface area contributed by atoms with Crippen molar-refractivity contribution in [3.63, 3.8) is 0 Å². The van der Waals surface area contributed by atoms with Crippen molar-refractivity contribution in [1.29, 1.82) is 0 Å². The van der Waals surface area contributed by atoms with Crippen molar-refractivity contribution in [2.45, 2.75) is 32.7 Å². The summed E-state index contributed by atoms with van der Waals surface area (Å²) < 4.78 is 13.7. The van der Waals surface area contributed by atoms with Gasteiger partial charge in [-0.3, -0.25) is 9.59 Å². The number of carbonyl (C=O) groups is 2. The van der Waals surface area contributed by atoms with Crippen molar-refractivity contribution in [1.82, 2.24) is 10.2 Å². The Kier molecular flexibility index (Phi) is 4.37. The van der Waals surface area contributed by atoms with E-state index in [1.54, 1.807) is 17.9 Å². The predicted molar refractivity (Wildman–Crippen MR) is 73.9 cm³/mol. The van der Waals surface area contributed by atoms with Gasteiger partial charge in [0.2, 0.25) is 5.91 Å². The number of likely N-dealkylation sites (tertiary alicyclic amines) is 1. The Bertz CT molecular complexity index is 531. The molecule has 0 saturated carbocycles. The molecular formula is C15H19FN2O2. The molecule has 1 fully saturated rings. The highest BCUT2D eigenvalue weighted by atomic mass is 19.1. The lowest BCUT2D eigenvalue weighted by molar-refractivity contribution is -0.127. The van der Waals surface area contributed by atoms with Gasteiger partial charge in [0.25, 0.3) is 5.91 Å². The summed E-state index contributed by atoms with van der Waals surface area (Å²) in [6, 6.07) is 4.31. The molecule has 0 spiro atoms. The van der Waals surface area contributed by atoms with Crippen LogP contribution in [-0.2, 0) is 4.79 Å². The number of carbonyl (C=O) groups excluding carboxylic acids is 2. The number of rotatable bonds is 4. The molecule has 5 heteroatoms. The summed E-state index contributed by atoms with van der Waals surface area (Å²) in [6.45, 7) is 4.79. The molecular weight excluding hydrogens is 259 g/mol. The third-order valence-corrected chi connectivity index (χ3v) is 3.41. The lowest BCUT2D eigenvalue weighted by Gasteiger charge is -2.21. The average molecular weight is 278 g/mol. The first-order valence-electron chi connectivity index (χ1n) is 6.82. The number of aryl methyl sites for hydroxylation is 1. The molecule has 1 saturated heterocycles. The van der Waals surface area contributed by atoms with Gasteiger partial charge in [0, 0.05) is 25.6 Å². The largest absolute Gasteiger partial charge is 0.348 e. The van der Waals surface area contributed by atoms with Crippen molar-refractivity contribution >= 4 is 11.8 Å². The molecule has 2 amide bonds. The summed E-state index contributed by atoms with van der Waals surface area (Å²) >= 11 is 0. The molecule has 2 rings (SSSR count). The van der Waals surface area contributed by atoms with E-state index in [-0.39, 0.29) is 17.5 Å². The van der Waals surface area contributed by atoms with Gasteiger partial charge in [-0.15, -0.1) is 0 Å². The molecule has 1 atom stereocenters. The minimum Gasteiger partial charge on any atom is -0.348 e. The number of hydrogen-bond acceptors (Lipinski definition) is 2. The van der Waals surface area contributed by atoms with Crippen molar-refractivity contribution in [3.8, 4) is 0 Å². The van der Waals surface area contributed by atoms with E-state index in [0.29, 0.717) is 13.0 Å². The summed E-state index contributed by atoms with van der Waals surface area (Å²) in [5, 5.41) is 2.73. The minimum atomic E-state index is -0.521. The number of benzene rings is 1. The second kappa shape index (κ2) is 6.03. The van der Waals surface area contributed by atoms with Crippen LogP contribution in [0.1, 0.15) is 35.7 Å². The fourth-order valence-electron chi connectivity index (χ4n) is 2.38. The van der Waals surface area contributed by atoms with Crippen LogP contribution >= 0.6 is 0 Å². The van der Waals surface area contributed by atoms with E-state index in [1.165, 1.54) is 12.1 Å². The van der Waals surface area contributed by atoms with Crippen molar-refractivity contribution in [2.75, 3.05) is 13.1 Å². The maximum absolute atomic E-state index is 13.7. The van der Waals surface area contributed by atoms with Crippen molar-refractivity contribution in [2.24, 2.45) is 0 Å². The van der Waals surface area contributed by atoms with E-state index < -0.39 is 11.7 Å². The van der Waals surface area contributed by atoms with Gasteiger partial charge in [0.1, 0.15) is 5.82 Å². The summed E-state index contributed by atoms with van der Waals surface area (Å²) in [5.74, 6) is -0.846. The van der Waals surface area contributed by atoms with Gasteiger partial charge >= 0.3 is 0 Å². The SMILES string of the molecule is Cc1ccc(C(=O)NC(C)CN2CCCC2=O)c(F)c1. The third-order valence-electron chi connectivity index (χ3n) is 3.41. The molecule has 1 aromatic rings. The third kappa shape index (κ3) is 3.35. The van der Waals surface area contributed by atoms with Crippen LogP contribution in [0.4, 0.5) is 4.39 Å². The van der Waals surface area contributed by atoms with E-state index in [2.05, 4.69) is 5.32 Å². The zero-order chi connectivity index (χ0) is 14.7. The van der Waals surface area contributed by atoms with Crippen LogP contribution in [0.15, 0.2) is 18.2 Å². The number of nitrogens with zero attached hydrogens (tertiary/aromatic N) is 1. The zero-order valence-electron chi connectivity index (χ0n) is 11.8. The highest BCUT2D eigenvalue weighted by Gasteiger charge is 2.23. The summed E-state index contributed by atoms with van der Waals surface area (Å²) in [5.41, 5.74) is 0.810. The quantitative estimate of drug-likeness (QED) is 0.914. The van der Waals surface area contributed by atoms with Crippen LogP contribution < -0.4 is 5.32 Å². The van der Waals surface area contributed by atoms with E-state index in [0.717, 1.165) is 18.5 Å². The van der Waals surface area contributed by atoms with Crippen LogP contribution in [0.3, 0.4) is 0 Å². The number of hydrogen-bond donors (Lipinski definition) is 1. The topological polar surface area (TPSA) is 49.4 Å². The van der Waals surface area contributed by atoms with Crippen LogP contribution in [0.25, 0.3) is 0 Å². The molecule has 0 aliphatic carbocycles. The molecule has 1 aliphatic rings. The number of amides is 2. The average Bonchev–Trinajstić information content (AvgIpc) is 2.74. The van der Waals surface area contributed by atoms with Crippen LogP contribution in [0.2, 0.25) is 0 Å². The van der Waals surface area contributed by atoms with Gasteiger partial charge in [-0.05, 0) is 38.0 Å². The highest BCUT2D eigenvalue weighted by molar-refractivity contribution is 5.94. The highest BCUT2D eigenvalue weighted by Crippen LogP contribution is 2.12. The van der Waals surface area contributed by atoms with Gasteiger partial charge < -0.3 is 10.2 Å². The molecule has 20 heavy (non-hydrogen) atoms. The maximum Gasteiger partial charge on any atom is 0.254 e. The van der Waals surface area contributed by atoms with Gasteiger partial charge in [-0.25, -0.2) is 4.39 Å². The Hall–Kier alpha value is -1.91. The van der Waals surface area contributed by atoms with Gasteiger partial charge in [-0.1, -0.05) is 6.07 Å². The molecule has 1 N–H and O–H groups in total. The van der Waals surface area contributed by atoms with Gasteiger partial charge in [-0.2, -0.15) is 0 Å². The normalized spacial score (nSPS) is 16.4. The van der Waals surface area contributed by atoms with Crippen LogP contribution in [-0.4, -0.2) is 35.8 Å². The lowest BCUT2D eigenvalue weighted by atomic mass is 10.1. The molecule has 1 aliphatic heterocycles. The standard InChI is InChI=1S/C15H19FN2O2/c1-10-5-6-12(13(16)8-10)15(20)17-11(2)9-18-7-3-4-14(18)19/h5-6,8,11H,3-4,7,9H2,1-2H3,(H,17,20). The Balaban J connectivity index is 1.95. The predicted octanol–water partition coefficient (Wildman–Crippen LogP) is 1.87. The van der Waals surface area contributed by atoms with Gasteiger partial charge in [0.05, 0.1) is 5.56 Å². The first kappa shape index (κ1) is 14.5. The van der Waals surface area contributed by atoms with E-state index in [4.69, 9.17) is 0 Å². The molecule has 0 aromatic heterocycles. The van der Waals surface area contributed by atoms with Crippen LogP contribution in [0, 0.1) is 12.7 Å². The Morgan fingerprint density at radius 1 is 1.50 bits per heavy atom. The van der Waals surface area contributed by atoms with E-state index in [1.807, 2.05) is 6.92 Å². The number of halogens is 1. The molecule has 0 radical (unpaired) electrons. The van der Waals surface area contributed by atoms with E-state index >= 15 is 0 Å². The molecule has 0 bridgehead atoms. The summed E-state index contributed by atoms with van der Waals surface area (Å²) in [7, 11) is 0. The Labute approximate surface area is 118 Å². The Morgan fingerprint density at radius 3 is 2.85 bits per heavy atom. The maximum atomic E-state index is 13.7. The molecule has 1 heterocycles. The van der Waals surface area contributed by atoms with Crippen LogP contribution in [0.5, 0.6) is 0 Å². The minimum absolute atomic E-state index is 0.0372. The van der Waals surface area contributed by atoms with Crippen molar-refractivity contribution < 1.29 is 14.0 Å². The Morgan fingerprint density at radius 2 is 2.25 bits per heavy atom. The van der Waals surface area contributed by atoms with E-state index in [9.17, 15) is 14.0 Å². The molecule has 108 valence electrons. The second-order valence-corrected chi connectivity index (χ2v) is 5.30. The second-order valence-electron chi connectivity index (χ2n) is 5.30. The van der Waals surface area contributed by atoms with Gasteiger partial charge in [0.15, 0.2) is 0 Å². The number of nitrogens with one attached hydrogen (secondary N) is 1. The molecule has 1 aromatic carbocycles. The zero-order valence-corrected chi connectivity index (χ0v) is 11.8. The summed E-state index contributed by atoms with van der Waals surface area (Å²) in [6.07, 6.45) is 1.44. The molecule has 4 nitrogen and oxygen atoms in total. The fourth-order valence-corrected chi connectivity index (χ4v) is 2.38. The van der Waals surface area contributed by atoms with Crippen molar-refractivity contribution in [3.05, 3.63) is 35.1 Å². The molecule has 1 unspecified atom stereocenters. The first-order chi connectivity index (χ1) is 9.47. The summed E-state index contributed by atoms with van der Waals surface area (Å²) in [4.78, 5) is 25.2. The lowest BCUT2D eigenvalue weighted by Crippen LogP contribution is -2.42. The fraction of sp³-hybridized carbons (Fsp3) is 0.467.